The Balaban J connectivity index is 2.21. The van der Waals surface area contributed by atoms with Gasteiger partial charge in [-0.2, -0.15) is 9.89 Å². The number of benzene rings is 1. The number of aromatic nitrogens is 2. The molecule has 1 aliphatic rings. The second kappa shape index (κ2) is 4.57. The Morgan fingerprint density at radius 2 is 2.00 bits per heavy atom. The van der Waals surface area contributed by atoms with Crippen molar-refractivity contribution in [2.45, 2.75) is 13.8 Å². The summed E-state index contributed by atoms with van der Waals surface area (Å²) < 4.78 is 0. The van der Waals surface area contributed by atoms with Crippen LogP contribution in [0.15, 0.2) is 18.2 Å². The molecule has 0 amide bonds. The van der Waals surface area contributed by atoms with Crippen LogP contribution < -0.4 is 26.1 Å². The summed E-state index contributed by atoms with van der Waals surface area (Å²) in [6.07, 6.45) is 1.70. The van der Waals surface area contributed by atoms with Gasteiger partial charge >= 0.3 is 0 Å². The molecule has 8 heteroatoms. The Morgan fingerprint density at radius 1 is 1.25 bits per heavy atom. The Labute approximate surface area is 124 Å². The third-order valence-corrected chi connectivity index (χ3v) is 3.46. The molecule has 1 aliphatic heterocycles. The van der Waals surface area contributed by atoms with E-state index in [0.29, 0.717) is 25.5 Å². The molecule has 0 bridgehead atoms. The van der Waals surface area contributed by atoms with Gasteiger partial charge in [0.2, 0.25) is 0 Å². The highest BCUT2D eigenvalue weighted by atomic mass is 35.5. The number of aryl methyl sites for hydroxylation is 2. The number of rotatable bonds is 1. The number of hydrazine groups is 2. The van der Waals surface area contributed by atoms with E-state index in [1.165, 1.54) is 5.12 Å². The Morgan fingerprint density at radius 3 is 2.65 bits per heavy atom. The Bertz CT molecular complexity index is 814. The van der Waals surface area contributed by atoms with Gasteiger partial charge in [0.05, 0.1) is 27.8 Å². The molecule has 0 atom stereocenters. The average molecular weight is 312 g/mol. The maximum Gasteiger partial charge on any atom is 0.255 e. The fourth-order valence-electron chi connectivity index (χ4n) is 2.10. The van der Waals surface area contributed by atoms with Crippen LogP contribution in [0.2, 0.25) is 10.0 Å². The second-order valence-electron chi connectivity index (χ2n) is 4.51. The molecule has 0 saturated heterocycles. The van der Waals surface area contributed by atoms with Gasteiger partial charge in [0.25, 0.3) is 5.36 Å². The molecule has 2 heterocycles. The summed E-state index contributed by atoms with van der Waals surface area (Å²) in [5.74, 6) is 0. The zero-order chi connectivity index (χ0) is 14.4. The van der Waals surface area contributed by atoms with Crippen molar-refractivity contribution >= 4 is 29.4 Å². The maximum absolute atomic E-state index is 12.1. The van der Waals surface area contributed by atoms with Crippen LogP contribution in [-0.4, -0.2) is 9.89 Å². The molecule has 0 fully saturated rings. The fourth-order valence-corrected chi connectivity index (χ4v) is 2.63. The van der Waals surface area contributed by atoms with Crippen LogP contribution in [0.1, 0.15) is 11.4 Å². The maximum atomic E-state index is 12.1. The van der Waals surface area contributed by atoms with Gasteiger partial charge in [0, 0.05) is 11.1 Å². The number of fused-ring (bicyclic) bond motifs is 1. The monoisotopic (exact) mass is 311 g/mol. The first kappa shape index (κ1) is 13.1. The lowest BCUT2D eigenvalue weighted by molar-refractivity contribution is 0.426. The first-order valence-electron chi connectivity index (χ1n) is 5.86. The van der Waals surface area contributed by atoms with Gasteiger partial charge in [-0.25, -0.2) is 0 Å². The van der Waals surface area contributed by atoms with Crippen molar-refractivity contribution in [3.05, 3.63) is 55.4 Å². The number of nitrogens with one attached hydrogen (secondary N) is 1. The molecule has 0 saturated carbocycles. The van der Waals surface area contributed by atoms with Crippen LogP contribution in [-0.2, 0) is 0 Å². The van der Waals surface area contributed by atoms with Crippen LogP contribution >= 0.6 is 23.2 Å². The van der Waals surface area contributed by atoms with E-state index in [9.17, 15) is 5.21 Å². The van der Waals surface area contributed by atoms with Crippen molar-refractivity contribution in [2.24, 2.45) is 0 Å². The molecule has 104 valence electrons. The van der Waals surface area contributed by atoms with Crippen molar-refractivity contribution in [3.63, 3.8) is 0 Å². The van der Waals surface area contributed by atoms with Crippen molar-refractivity contribution in [2.75, 3.05) is 5.12 Å². The molecule has 2 aromatic rings. The van der Waals surface area contributed by atoms with Gasteiger partial charge < -0.3 is 5.21 Å². The van der Waals surface area contributed by atoms with E-state index in [0.717, 1.165) is 11.4 Å². The molecular formula is C12H11Cl2N5O. The SMILES string of the molecule is Cc1cc(C)n(N2C=c3c(Cl)cc(Cl)cc3=[N+]([O-])N2)n1. The van der Waals surface area contributed by atoms with Gasteiger partial charge in [-0.1, -0.05) is 33.6 Å². The van der Waals surface area contributed by atoms with Gasteiger partial charge in [-0.15, -0.1) is 5.12 Å². The molecule has 0 radical (unpaired) electrons. The van der Waals surface area contributed by atoms with Crippen molar-refractivity contribution in [1.82, 2.24) is 20.3 Å². The number of hydrogen-bond acceptors (Lipinski definition) is 4. The third-order valence-electron chi connectivity index (χ3n) is 2.93. The number of halogens is 2. The highest BCUT2D eigenvalue weighted by Crippen LogP contribution is 2.09. The lowest BCUT2D eigenvalue weighted by Gasteiger charge is -2.23. The molecule has 1 aromatic carbocycles. The largest absolute Gasteiger partial charge is 0.594 e. The predicted octanol–water partition coefficient (Wildman–Crippen LogP) is 0.605. The summed E-state index contributed by atoms with van der Waals surface area (Å²) in [6, 6.07) is 5.05. The van der Waals surface area contributed by atoms with E-state index in [4.69, 9.17) is 23.2 Å². The topological polar surface area (TPSA) is 59.2 Å². The minimum Gasteiger partial charge on any atom is -0.594 e. The molecule has 0 unspecified atom stereocenters. The van der Waals surface area contributed by atoms with E-state index < -0.39 is 0 Å². The van der Waals surface area contributed by atoms with Crippen LogP contribution in [0.5, 0.6) is 0 Å². The zero-order valence-corrected chi connectivity index (χ0v) is 12.3. The summed E-state index contributed by atoms with van der Waals surface area (Å²) in [4.78, 5) is 2.18. The molecule has 0 spiro atoms. The van der Waals surface area contributed by atoms with Crippen LogP contribution in [0.3, 0.4) is 0 Å². The lowest BCUT2D eigenvalue weighted by atomic mass is 10.3. The first-order chi connectivity index (χ1) is 9.45. The molecule has 20 heavy (non-hydrogen) atoms. The quantitative estimate of drug-likeness (QED) is 0.619. The Kier molecular flexibility index (Phi) is 2.99. The molecule has 0 aliphatic carbocycles. The smallest absolute Gasteiger partial charge is 0.255 e. The van der Waals surface area contributed by atoms with Gasteiger partial charge in [0.1, 0.15) is 0 Å². The molecule has 1 aromatic heterocycles. The normalized spacial score (nSPS) is 13.8. The molecule has 3 rings (SSSR count). The van der Waals surface area contributed by atoms with E-state index >= 15 is 0 Å². The van der Waals surface area contributed by atoms with Crippen molar-refractivity contribution < 1.29 is 0 Å². The average Bonchev–Trinajstić information content (AvgIpc) is 2.69. The van der Waals surface area contributed by atoms with E-state index in [2.05, 4.69) is 10.6 Å². The third kappa shape index (κ3) is 2.07. The standard InChI is InChI=1S/C12H11Cl2N5O/c1-7-3-8(2)18(15-7)17-6-10-11(14)4-9(13)5-12(10)19(20)16-17/h3-6,16H,1-2H3. The predicted molar refractivity (Wildman–Crippen MR) is 77.8 cm³/mol. The molecular weight excluding hydrogens is 301 g/mol. The van der Waals surface area contributed by atoms with E-state index in [-0.39, 0.29) is 0 Å². The van der Waals surface area contributed by atoms with E-state index in [1.54, 1.807) is 23.1 Å². The number of nitrogens with zero attached hydrogens (tertiary/aromatic N) is 4. The van der Waals surface area contributed by atoms with Crippen LogP contribution in [0.25, 0.3) is 6.20 Å². The van der Waals surface area contributed by atoms with Gasteiger partial charge in [-0.05, 0) is 26.0 Å². The number of hydrogen-bond donors (Lipinski definition) is 1. The van der Waals surface area contributed by atoms with Crippen molar-refractivity contribution in [3.8, 4) is 0 Å². The van der Waals surface area contributed by atoms with Crippen molar-refractivity contribution in [1.29, 1.82) is 0 Å². The van der Waals surface area contributed by atoms with Gasteiger partial charge in [-0.3, -0.25) is 0 Å². The minimum atomic E-state index is 0.361. The fraction of sp³-hybridized carbons (Fsp3) is 0.167. The summed E-state index contributed by atoms with van der Waals surface area (Å²) in [5.41, 5.74) is 4.37. The summed E-state index contributed by atoms with van der Waals surface area (Å²) in [6.45, 7) is 3.77. The Hall–Kier alpha value is -1.92. The summed E-state index contributed by atoms with van der Waals surface area (Å²) in [7, 11) is 0. The van der Waals surface area contributed by atoms with Gasteiger partial charge in [0.15, 0.2) is 0 Å². The lowest BCUT2D eigenvalue weighted by Crippen LogP contribution is -2.60. The minimum absolute atomic E-state index is 0.361. The van der Waals surface area contributed by atoms with Crippen LogP contribution in [0, 0.1) is 19.1 Å². The zero-order valence-electron chi connectivity index (χ0n) is 10.8. The van der Waals surface area contributed by atoms with E-state index in [1.807, 2.05) is 19.9 Å². The molecule has 6 nitrogen and oxygen atoms in total. The summed E-state index contributed by atoms with van der Waals surface area (Å²) in [5, 5.41) is 19.6. The summed E-state index contributed by atoms with van der Waals surface area (Å²) >= 11 is 12.1. The second-order valence-corrected chi connectivity index (χ2v) is 5.35. The highest BCUT2D eigenvalue weighted by molar-refractivity contribution is 6.34. The highest BCUT2D eigenvalue weighted by Gasteiger charge is 2.18. The van der Waals surface area contributed by atoms with Crippen LogP contribution in [0.4, 0.5) is 0 Å². The first-order valence-corrected chi connectivity index (χ1v) is 6.61. The molecule has 1 N–H and O–H groups in total.